The number of fused-ring (bicyclic) bond motifs is 1. The molecule has 0 amide bonds. The molecule has 0 N–H and O–H groups in total. The Morgan fingerprint density at radius 1 is 0.857 bits per heavy atom. The number of rotatable bonds is 3. The van der Waals surface area contributed by atoms with Crippen molar-refractivity contribution in [3.05, 3.63) is 110 Å². The minimum absolute atomic E-state index is 0.169. The summed E-state index contributed by atoms with van der Waals surface area (Å²) in [7, 11) is 0. The number of nitrogens with zero attached hydrogens (tertiary/aromatic N) is 2. The van der Waals surface area contributed by atoms with Gasteiger partial charge in [0.15, 0.2) is 0 Å². The molecule has 0 aliphatic carbocycles. The Bertz CT molecular complexity index is 1320. The van der Waals surface area contributed by atoms with Crippen molar-refractivity contribution in [3.8, 4) is 5.69 Å². The molecule has 0 saturated carbocycles. The zero-order valence-electron chi connectivity index (χ0n) is 15.6. The average molecular weight is 374 g/mol. The second-order valence-corrected chi connectivity index (χ2v) is 6.92. The molecule has 1 heterocycles. The van der Waals surface area contributed by atoms with Crippen LogP contribution in [0.25, 0.3) is 16.6 Å². The van der Waals surface area contributed by atoms with Crippen molar-refractivity contribution < 1.29 is 4.39 Å². The zero-order chi connectivity index (χ0) is 19.8. The molecule has 0 unspecified atom stereocenters. The molecule has 5 heteroatoms. The lowest BCUT2D eigenvalue weighted by Crippen LogP contribution is -2.39. The van der Waals surface area contributed by atoms with Crippen LogP contribution in [0.5, 0.6) is 0 Å². The number of hydrogen-bond acceptors (Lipinski definition) is 2. The fraction of sp³-hybridized carbons (Fsp3) is 0.130. The molecule has 4 aromatic rings. The number of benzene rings is 3. The van der Waals surface area contributed by atoms with Crippen LogP contribution < -0.4 is 11.2 Å². The second kappa shape index (κ2) is 6.93. The molecule has 0 fully saturated rings. The fourth-order valence-electron chi connectivity index (χ4n) is 3.38. The van der Waals surface area contributed by atoms with Crippen molar-refractivity contribution in [1.82, 2.24) is 9.13 Å². The molecule has 4 rings (SSSR count). The Labute approximate surface area is 161 Å². The van der Waals surface area contributed by atoms with E-state index in [9.17, 15) is 14.0 Å². The summed E-state index contributed by atoms with van der Waals surface area (Å²) in [5.41, 5.74) is 2.97. The molecule has 0 aliphatic rings. The Morgan fingerprint density at radius 2 is 1.64 bits per heavy atom. The predicted octanol–water partition coefficient (Wildman–Crippen LogP) is 3.96. The topological polar surface area (TPSA) is 44.0 Å². The average Bonchev–Trinajstić information content (AvgIpc) is 2.68. The maximum Gasteiger partial charge on any atom is 0.336 e. The first-order valence-electron chi connectivity index (χ1n) is 9.02. The second-order valence-electron chi connectivity index (χ2n) is 6.92. The number of aromatic nitrogens is 2. The predicted molar refractivity (Wildman–Crippen MR) is 109 cm³/mol. The zero-order valence-corrected chi connectivity index (χ0v) is 15.6. The smallest absolute Gasteiger partial charge is 0.288 e. The van der Waals surface area contributed by atoms with E-state index in [1.807, 2.05) is 26.0 Å². The van der Waals surface area contributed by atoms with Crippen molar-refractivity contribution >= 4 is 10.9 Å². The maximum atomic E-state index is 13.6. The van der Waals surface area contributed by atoms with Gasteiger partial charge in [0, 0.05) is 0 Å². The highest BCUT2D eigenvalue weighted by molar-refractivity contribution is 5.78. The van der Waals surface area contributed by atoms with Crippen LogP contribution in [0.2, 0.25) is 0 Å². The van der Waals surface area contributed by atoms with Crippen LogP contribution in [0.3, 0.4) is 0 Å². The largest absolute Gasteiger partial charge is 0.336 e. The summed E-state index contributed by atoms with van der Waals surface area (Å²) in [6, 6.07) is 18.6. The first-order valence-corrected chi connectivity index (χ1v) is 9.02. The lowest BCUT2D eigenvalue weighted by molar-refractivity contribution is 0.622. The normalized spacial score (nSPS) is 11.1. The minimum Gasteiger partial charge on any atom is -0.288 e. The van der Waals surface area contributed by atoms with Crippen molar-refractivity contribution in [1.29, 1.82) is 0 Å². The number of aryl methyl sites for hydroxylation is 2. The van der Waals surface area contributed by atoms with Gasteiger partial charge in [-0.1, -0.05) is 30.3 Å². The van der Waals surface area contributed by atoms with Crippen molar-refractivity contribution in [2.45, 2.75) is 20.4 Å². The molecule has 0 aliphatic heterocycles. The van der Waals surface area contributed by atoms with Gasteiger partial charge in [-0.3, -0.25) is 9.36 Å². The van der Waals surface area contributed by atoms with Crippen LogP contribution in [0.4, 0.5) is 4.39 Å². The van der Waals surface area contributed by atoms with Gasteiger partial charge in [0.25, 0.3) is 5.56 Å². The van der Waals surface area contributed by atoms with E-state index in [4.69, 9.17) is 0 Å². The summed E-state index contributed by atoms with van der Waals surface area (Å²) in [5.74, 6) is -0.364. The summed E-state index contributed by atoms with van der Waals surface area (Å²) >= 11 is 0. The van der Waals surface area contributed by atoms with Crippen LogP contribution in [0, 0.1) is 19.7 Å². The Morgan fingerprint density at radius 3 is 2.39 bits per heavy atom. The lowest BCUT2D eigenvalue weighted by Gasteiger charge is -2.15. The molecule has 4 nitrogen and oxygen atoms in total. The standard InChI is InChI=1S/C23H19FN2O2/c1-15-10-11-19(12-16(15)2)26-22(27)20-8-3-4-9-21(20)25(23(26)28)14-17-6-5-7-18(24)13-17/h3-13H,14H2,1-2H3. The van der Waals surface area contributed by atoms with Crippen molar-refractivity contribution in [3.63, 3.8) is 0 Å². The van der Waals surface area contributed by atoms with E-state index in [0.29, 0.717) is 22.2 Å². The molecule has 0 radical (unpaired) electrons. The van der Waals surface area contributed by atoms with Crippen LogP contribution in [0.15, 0.2) is 76.3 Å². The molecular weight excluding hydrogens is 355 g/mol. The highest BCUT2D eigenvalue weighted by Gasteiger charge is 2.15. The van der Waals surface area contributed by atoms with Gasteiger partial charge in [-0.25, -0.2) is 13.8 Å². The Hall–Kier alpha value is -3.47. The molecule has 1 aromatic heterocycles. The summed E-state index contributed by atoms with van der Waals surface area (Å²) in [6.45, 7) is 4.09. The highest BCUT2D eigenvalue weighted by atomic mass is 19.1. The van der Waals surface area contributed by atoms with E-state index in [2.05, 4.69) is 0 Å². The minimum atomic E-state index is -0.448. The molecular formula is C23H19FN2O2. The van der Waals surface area contributed by atoms with Gasteiger partial charge < -0.3 is 0 Å². The lowest BCUT2D eigenvalue weighted by atomic mass is 10.1. The molecule has 0 atom stereocenters. The van der Waals surface area contributed by atoms with Gasteiger partial charge >= 0.3 is 5.69 Å². The summed E-state index contributed by atoms with van der Waals surface area (Å²) in [4.78, 5) is 26.4. The third-order valence-corrected chi connectivity index (χ3v) is 5.03. The van der Waals surface area contributed by atoms with Gasteiger partial charge in [-0.05, 0) is 66.9 Å². The molecule has 0 spiro atoms. The maximum absolute atomic E-state index is 13.6. The highest BCUT2D eigenvalue weighted by Crippen LogP contribution is 2.15. The molecule has 0 saturated heterocycles. The Balaban J connectivity index is 2.03. The van der Waals surface area contributed by atoms with Gasteiger partial charge in [0.05, 0.1) is 23.1 Å². The van der Waals surface area contributed by atoms with E-state index in [1.165, 1.54) is 21.3 Å². The molecule has 28 heavy (non-hydrogen) atoms. The van der Waals surface area contributed by atoms with Crippen LogP contribution in [-0.4, -0.2) is 9.13 Å². The van der Waals surface area contributed by atoms with E-state index in [-0.39, 0.29) is 17.9 Å². The van der Waals surface area contributed by atoms with E-state index in [1.54, 1.807) is 42.5 Å². The SMILES string of the molecule is Cc1ccc(-n2c(=O)c3ccccc3n(Cc3cccc(F)c3)c2=O)cc1C. The number of halogens is 1. The van der Waals surface area contributed by atoms with Crippen molar-refractivity contribution in [2.75, 3.05) is 0 Å². The molecule has 3 aromatic carbocycles. The summed E-state index contributed by atoms with van der Waals surface area (Å²) < 4.78 is 16.3. The first-order chi connectivity index (χ1) is 13.5. The van der Waals surface area contributed by atoms with Crippen LogP contribution >= 0.6 is 0 Å². The van der Waals surface area contributed by atoms with E-state index < -0.39 is 5.69 Å². The van der Waals surface area contributed by atoms with Crippen LogP contribution in [0.1, 0.15) is 16.7 Å². The summed E-state index contributed by atoms with van der Waals surface area (Å²) in [5, 5.41) is 0.441. The Kier molecular flexibility index (Phi) is 4.43. The van der Waals surface area contributed by atoms with Gasteiger partial charge in [-0.15, -0.1) is 0 Å². The van der Waals surface area contributed by atoms with Gasteiger partial charge in [0.2, 0.25) is 0 Å². The fourth-order valence-corrected chi connectivity index (χ4v) is 3.38. The molecule has 0 bridgehead atoms. The van der Waals surface area contributed by atoms with E-state index >= 15 is 0 Å². The van der Waals surface area contributed by atoms with E-state index in [0.717, 1.165) is 11.1 Å². The third kappa shape index (κ3) is 3.05. The van der Waals surface area contributed by atoms with Gasteiger partial charge in [-0.2, -0.15) is 0 Å². The molecule has 140 valence electrons. The van der Waals surface area contributed by atoms with Crippen LogP contribution in [-0.2, 0) is 6.54 Å². The monoisotopic (exact) mass is 374 g/mol. The number of hydrogen-bond donors (Lipinski definition) is 0. The number of para-hydroxylation sites is 1. The van der Waals surface area contributed by atoms with Gasteiger partial charge in [0.1, 0.15) is 5.82 Å². The third-order valence-electron chi connectivity index (χ3n) is 5.03. The first kappa shape index (κ1) is 17.9. The van der Waals surface area contributed by atoms with Crippen molar-refractivity contribution in [2.24, 2.45) is 0 Å². The quantitative estimate of drug-likeness (QED) is 0.545. The summed E-state index contributed by atoms with van der Waals surface area (Å²) in [6.07, 6.45) is 0.